The second-order valence-corrected chi connectivity index (χ2v) is 4.97. The molecule has 0 radical (unpaired) electrons. The first-order valence-electron chi connectivity index (χ1n) is 4.58. The Balaban J connectivity index is 2.93. The molecule has 0 aliphatic rings. The van der Waals surface area contributed by atoms with Gasteiger partial charge in [0.1, 0.15) is 0 Å². The van der Waals surface area contributed by atoms with Crippen molar-refractivity contribution in [3.63, 3.8) is 0 Å². The van der Waals surface area contributed by atoms with Crippen LogP contribution in [0.3, 0.4) is 0 Å². The van der Waals surface area contributed by atoms with Gasteiger partial charge >= 0.3 is 0 Å². The van der Waals surface area contributed by atoms with Crippen molar-refractivity contribution >= 4 is 50.7 Å². The van der Waals surface area contributed by atoms with Crippen molar-refractivity contribution in [2.24, 2.45) is 0 Å². The number of hydrogen-bond donors (Lipinski definition) is 2. The van der Waals surface area contributed by atoms with Gasteiger partial charge in [0.25, 0.3) is 0 Å². The van der Waals surface area contributed by atoms with Crippen LogP contribution < -0.4 is 10.6 Å². The number of nitrogens with one attached hydrogen (secondary N) is 2. The molecule has 0 aliphatic heterocycles. The Bertz CT molecular complexity index is 389. The molecule has 0 fully saturated rings. The summed E-state index contributed by atoms with van der Waals surface area (Å²) < 4.78 is 0.766. The molecule has 1 unspecified atom stereocenters. The standard InChI is InChI=1S/C10H11BrCl2N2O/c1-5(14-2)10(16)15-9-7(12)3-6(11)4-8(9)13/h3-5,14H,1-2H3,(H,15,16). The number of likely N-dealkylation sites (N-methyl/N-ethyl adjacent to an activating group) is 1. The average molecular weight is 326 g/mol. The first kappa shape index (κ1) is 13.8. The van der Waals surface area contributed by atoms with E-state index in [0.29, 0.717) is 15.7 Å². The van der Waals surface area contributed by atoms with E-state index in [4.69, 9.17) is 23.2 Å². The van der Waals surface area contributed by atoms with Gasteiger partial charge in [-0.15, -0.1) is 0 Å². The summed E-state index contributed by atoms with van der Waals surface area (Å²) in [5, 5.41) is 6.30. The van der Waals surface area contributed by atoms with Crippen LogP contribution in [0.25, 0.3) is 0 Å². The Morgan fingerprint density at radius 3 is 2.31 bits per heavy atom. The number of rotatable bonds is 3. The fourth-order valence-corrected chi connectivity index (χ4v) is 2.33. The summed E-state index contributed by atoms with van der Waals surface area (Å²) in [6.07, 6.45) is 0. The molecule has 1 amide bonds. The van der Waals surface area contributed by atoms with E-state index in [2.05, 4.69) is 26.6 Å². The molecule has 3 nitrogen and oxygen atoms in total. The lowest BCUT2D eigenvalue weighted by atomic mass is 10.2. The molecule has 1 atom stereocenters. The van der Waals surface area contributed by atoms with Crippen molar-refractivity contribution in [1.82, 2.24) is 5.32 Å². The minimum Gasteiger partial charge on any atom is -0.322 e. The van der Waals surface area contributed by atoms with Crippen molar-refractivity contribution < 1.29 is 4.79 Å². The molecule has 2 N–H and O–H groups in total. The van der Waals surface area contributed by atoms with Crippen LogP contribution in [0.4, 0.5) is 5.69 Å². The predicted octanol–water partition coefficient (Wildman–Crippen LogP) is 3.30. The summed E-state index contributed by atoms with van der Waals surface area (Å²) in [6, 6.07) is 3.04. The van der Waals surface area contributed by atoms with Crippen LogP contribution in [0, 0.1) is 0 Å². The maximum Gasteiger partial charge on any atom is 0.241 e. The third-order valence-electron chi connectivity index (χ3n) is 2.08. The molecule has 0 spiro atoms. The van der Waals surface area contributed by atoms with Crippen LogP contribution in [0.5, 0.6) is 0 Å². The summed E-state index contributed by atoms with van der Waals surface area (Å²) in [7, 11) is 1.70. The number of hydrogen-bond acceptors (Lipinski definition) is 2. The lowest BCUT2D eigenvalue weighted by molar-refractivity contribution is -0.117. The molecule has 88 valence electrons. The minimum atomic E-state index is -0.309. The summed E-state index contributed by atoms with van der Waals surface area (Å²) in [6.45, 7) is 1.75. The SMILES string of the molecule is CNC(C)C(=O)Nc1c(Cl)cc(Br)cc1Cl. The third-order valence-corrected chi connectivity index (χ3v) is 3.14. The van der Waals surface area contributed by atoms with Gasteiger partial charge in [0, 0.05) is 4.47 Å². The van der Waals surface area contributed by atoms with Crippen molar-refractivity contribution in [2.75, 3.05) is 12.4 Å². The molecular formula is C10H11BrCl2N2O. The summed E-state index contributed by atoms with van der Waals surface area (Å²) in [5.41, 5.74) is 0.429. The highest BCUT2D eigenvalue weighted by atomic mass is 79.9. The lowest BCUT2D eigenvalue weighted by Gasteiger charge is -2.13. The van der Waals surface area contributed by atoms with Gasteiger partial charge < -0.3 is 10.6 Å². The molecule has 1 aromatic rings. The zero-order valence-corrected chi connectivity index (χ0v) is 11.9. The molecule has 0 saturated heterocycles. The van der Waals surface area contributed by atoms with Crippen LogP contribution >= 0.6 is 39.1 Å². The number of amides is 1. The summed E-state index contributed by atoms with van der Waals surface area (Å²) >= 11 is 15.2. The van der Waals surface area contributed by atoms with Gasteiger partial charge in [0.15, 0.2) is 0 Å². The average Bonchev–Trinajstić information content (AvgIpc) is 2.21. The molecule has 0 aromatic heterocycles. The number of halogens is 3. The zero-order valence-electron chi connectivity index (χ0n) is 8.77. The van der Waals surface area contributed by atoms with Crippen molar-refractivity contribution in [3.05, 3.63) is 26.7 Å². The molecule has 6 heteroatoms. The van der Waals surface area contributed by atoms with Crippen LogP contribution in [0.15, 0.2) is 16.6 Å². The van der Waals surface area contributed by atoms with Crippen molar-refractivity contribution in [2.45, 2.75) is 13.0 Å². The van der Waals surface area contributed by atoms with Gasteiger partial charge in [-0.2, -0.15) is 0 Å². The Morgan fingerprint density at radius 1 is 1.38 bits per heavy atom. The highest BCUT2D eigenvalue weighted by Gasteiger charge is 2.14. The molecule has 1 aromatic carbocycles. The van der Waals surface area contributed by atoms with Crippen LogP contribution in [0.2, 0.25) is 10.0 Å². The number of carbonyl (C=O) groups is 1. The van der Waals surface area contributed by atoms with E-state index in [1.54, 1.807) is 26.1 Å². The quantitative estimate of drug-likeness (QED) is 0.895. The predicted molar refractivity (Wildman–Crippen MR) is 71.3 cm³/mol. The van der Waals surface area contributed by atoms with Gasteiger partial charge in [-0.25, -0.2) is 0 Å². The topological polar surface area (TPSA) is 41.1 Å². The van der Waals surface area contributed by atoms with E-state index < -0.39 is 0 Å². The summed E-state index contributed by atoms with van der Waals surface area (Å²) in [4.78, 5) is 11.6. The first-order chi connectivity index (χ1) is 7.45. The normalized spacial score (nSPS) is 12.3. The van der Waals surface area contributed by atoms with Crippen molar-refractivity contribution in [3.8, 4) is 0 Å². The maximum atomic E-state index is 11.6. The highest BCUT2D eigenvalue weighted by molar-refractivity contribution is 9.10. The Hall–Kier alpha value is -0.290. The van der Waals surface area contributed by atoms with Gasteiger partial charge in [-0.3, -0.25) is 4.79 Å². The van der Waals surface area contributed by atoms with E-state index in [-0.39, 0.29) is 11.9 Å². The second-order valence-electron chi connectivity index (χ2n) is 3.24. The Morgan fingerprint density at radius 2 is 1.88 bits per heavy atom. The molecular weight excluding hydrogens is 315 g/mol. The third kappa shape index (κ3) is 3.35. The van der Waals surface area contributed by atoms with E-state index in [9.17, 15) is 4.79 Å². The van der Waals surface area contributed by atoms with Crippen LogP contribution in [0.1, 0.15) is 6.92 Å². The van der Waals surface area contributed by atoms with Crippen molar-refractivity contribution in [1.29, 1.82) is 0 Å². The number of benzene rings is 1. The minimum absolute atomic E-state index is 0.186. The van der Waals surface area contributed by atoms with Gasteiger partial charge in [0.2, 0.25) is 5.91 Å². The number of carbonyl (C=O) groups excluding carboxylic acids is 1. The maximum absolute atomic E-state index is 11.6. The fourth-order valence-electron chi connectivity index (χ4n) is 1.02. The Labute approximate surface area is 113 Å². The van der Waals surface area contributed by atoms with E-state index in [1.165, 1.54) is 0 Å². The number of anilines is 1. The molecule has 0 saturated carbocycles. The zero-order chi connectivity index (χ0) is 12.3. The molecule has 16 heavy (non-hydrogen) atoms. The van der Waals surface area contributed by atoms with Gasteiger partial charge in [0.05, 0.1) is 21.8 Å². The largest absolute Gasteiger partial charge is 0.322 e. The van der Waals surface area contributed by atoms with Crippen LogP contribution in [-0.2, 0) is 4.79 Å². The highest BCUT2D eigenvalue weighted by Crippen LogP contribution is 2.33. The van der Waals surface area contributed by atoms with Crippen LogP contribution in [-0.4, -0.2) is 19.0 Å². The van der Waals surface area contributed by atoms with Gasteiger partial charge in [-0.05, 0) is 26.1 Å². The van der Waals surface area contributed by atoms with E-state index in [0.717, 1.165) is 4.47 Å². The molecule has 1 rings (SSSR count). The Kier molecular flexibility index (Phi) is 5.05. The monoisotopic (exact) mass is 324 g/mol. The summed E-state index contributed by atoms with van der Waals surface area (Å²) in [5.74, 6) is -0.186. The molecule has 0 heterocycles. The van der Waals surface area contributed by atoms with Gasteiger partial charge in [-0.1, -0.05) is 39.1 Å². The smallest absolute Gasteiger partial charge is 0.241 e. The lowest BCUT2D eigenvalue weighted by Crippen LogP contribution is -2.35. The fraction of sp³-hybridized carbons (Fsp3) is 0.300. The van der Waals surface area contributed by atoms with E-state index >= 15 is 0 Å². The first-order valence-corrected chi connectivity index (χ1v) is 6.13. The molecule has 0 aliphatic carbocycles. The second kappa shape index (κ2) is 5.87. The van der Waals surface area contributed by atoms with E-state index in [1.807, 2.05) is 0 Å². The molecule has 0 bridgehead atoms.